The zero-order valence-corrected chi connectivity index (χ0v) is 12.8. The van der Waals surface area contributed by atoms with Gasteiger partial charge in [0.25, 0.3) is 0 Å². The van der Waals surface area contributed by atoms with Gasteiger partial charge in [0.05, 0.1) is 6.54 Å². The minimum absolute atomic E-state index is 0.0366. The molecule has 0 aliphatic carbocycles. The molecule has 1 aromatic carbocycles. The standard InChI is InChI=1S/C16H15F2N5O/c1-11(15-4-5-19-8-21-15)16(24,7-23-10-20-9-22-23)13-3-2-12(17)6-14(13)18/h2-6,8-11,24H,7H2,1H3/t11-,16+/m0/s1. The van der Waals surface area contributed by atoms with E-state index in [2.05, 4.69) is 20.1 Å². The van der Waals surface area contributed by atoms with Crippen molar-refractivity contribution in [2.45, 2.75) is 25.0 Å². The summed E-state index contributed by atoms with van der Waals surface area (Å²) in [5.74, 6) is -2.16. The second kappa shape index (κ2) is 6.40. The first-order chi connectivity index (χ1) is 11.5. The third-order valence-corrected chi connectivity index (χ3v) is 4.03. The number of hydrogen-bond donors (Lipinski definition) is 1. The maximum Gasteiger partial charge on any atom is 0.137 e. The molecule has 2 heterocycles. The molecule has 0 amide bonds. The number of hydrogen-bond acceptors (Lipinski definition) is 5. The first kappa shape index (κ1) is 16.1. The lowest BCUT2D eigenvalue weighted by atomic mass is 9.80. The van der Waals surface area contributed by atoms with Crippen LogP contribution in [0.15, 0.2) is 49.4 Å². The molecule has 0 unspecified atom stereocenters. The number of benzene rings is 1. The first-order valence-electron chi connectivity index (χ1n) is 7.27. The molecular formula is C16H15F2N5O. The van der Waals surface area contributed by atoms with Gasteiger partial charge >= 0.3 is 0 Å². The van der Waals surface area contributed by atoms with Crippen molar-refractivity contribution in [3.63, 3.8) is 0 Å². The molecule has 0 saturated heterocycles. The van der Waals surface area contributed by atoms with Crippen LogP contribution in [-0.4, -0.2) is 29.8 Å². The van der Waals surface area contributed by atoms with Crippen molar-refractivity contribution in [1.82, 2.24) is 24.7 Å². The Morgan fingerprint density at radius 1 is 1.21 bits per heavy atom. The van der Waals surface area contributed by atoms with E-state index in [1.54, 1.807) is 13.0 Å². The summed E-state index contributed by atoms with van der Waals surface area (Å²) in [6.07, 6.45) is 5.62. The van der Waals surface area contributed by atoms with Gasteiger partial charge < -0.3 is 5.11 Å². The van der Waals surface area contributed by atoms with Crippen molar-refractivity contribution in [3.8, 4) is 0 Å². The number of aliphatic hydroxyl groups is 1. The average Bonchev–Trinajstić information content (AvgIpc) is 3.07. The van der Waals surface area contributed by atoms with Gasteiger partial charge in [0.1, 0.15) is 36.2 Å². The maximum absolute atomic E-state index is 14.4. The summed E-state index contributed by atoms with van der Waals surface area (Å²) < 4.78 is 29.0. The quantitative estimate of drug-likeness (QED) is 0.774. The van der Waals surface area contributed by atoms with Crippen LogP contribution in [-0.2, 0) is 12.1 Å². The van der Waals surface area contributed by atoms with E-state index in [1.807, 2.05) is 0 Å². The predicted molar refractivity (Wildman–Crippen MR) is 80.7 cm³/mol. The van der Waals surface area contributed by atoms with Crippen LogP contribution in [0.5, 0.6) is 0 Å². The lowest BCUT2D eigenvalue weighted by Crippen LogP contribution is -2.38. The first-order valence-corrected chi connectivity index (χ1v) is 7.27. The maximum atomic E-state index is 14.4. The Hall–Kier alpha value is -2.74. The normalized spacial score (nSPS) is 15.0. The summed E-state index contributed by atoms with van der Waals surface area (Å²) in [5.41, 5.74) is -1.22. The summed E-state index contributed by atoms with van der Waals surface area (Å²) >= 11 is 0. The monoisotopic (exact) mass is 331 g/mol. The third-order valence-electron chi connectivity index (χ3n) is 4.03. The lowest BCUT2D eigenvalue weighted by Gasteiger charge is -2.34. The van der Waals surface area contributed by atoms with E-state index >= 15 is 0 Å². The van der Waals surface area contributed by atoms with Gasteiger partial charge in [-0.3, -0.25) is 0 Å². The van der Waals surface area contributed by atoms with E-state index < -0.39 is 23.2 Å². The van der Waals surface area contributed by atoms with Crippen molar-refractivity contribution in [2.75, 3.05) is 0 Å². The molecule has 2 atom stereocenters. The molecule has 2 aromatic heterocycles. The molecule has 0 aliphatic rings. The fourth-order valence-corrected chi connectivity index (χ4v) is 2.66. The second-order valence-electron chi connectivity index (χ2n) is 5.50. The van der Waals surface area contributed by atoms with E-state index in [1.165, 1.54) is 35.9 Å². The highest BCUT2D eigenvalue weighted by molar-refractivity contribution is 5.29. The molecule has 0 bridgehead atoms. The molecule has 3 aromatic rings. The van der Waals surface area contributed by atoms with Gasteiger partial charge in [-0.05, 0) is 12.1 Å². The molecule has 3 rings (SSSR count). The van der Waals surface area contributed by atoms with Crippen LogP contribution in [0.25, 0.3) is 0 Å². The average molecular weight is 331 g/mol. The molecular weight excluding hydrogens is 316 g/mol. The Bertz CT molecular complexity index is 813. The Morgan fingerprint density at radius 2 is 2.04 bits per heavy atom. The zero-order valence-electron chi connectivity index (χ0n) is 12.8. The molecule has 0 fully saturated rings. The molecule has 8 heteroatoms. The minimum Gasteiger partial charge on any atom is -0.382 e. The van der Waals surface area contributed by atoms with Crippen LogP contribution in [0.3, 0.4) is 0 Å². The number of halogens is 2. The number of nitrogens with zero attached hydrogens (tertiary/aromatic N) is 5. The SMILES string of the molecule is C[C@@H](c1ccncn1)[C@](O)(Cn1cncn1)c1ccc(F)cc1F. The van der Waals surface area contributed by atoms with Gasteiger partial charge in [-0.2, -0.15) is 5.10 Å². The van der Waals surface area contributed by atoms with Crippen molar-refractivity contribution in [3.05, 3.63) is 72.3 Å². The Labute approximate surface area is 136 Å². The Kier molecular flexibility index (Phi) is 4.30. The molecule has 0 saturated carbocycles. The highest BCUT2D eigenvalue weighted by atomic mass is 19.1. The van der Waals surface area contributed by atoms with Crippen molar-refractivity contribution >= 4 is 0 Å². The van der Waals surface area contributed by atoms with Crippen LogP contribution in [0.4, 0.5) is 8.78 Å². The molecule has 0 spiro atoms. The summed E-state index contributed by atoms with van der Waals surface area (Å²) in [5, 5.41) is 15.3. The van der Waals surface area contributed by atoms with Gasteiger partial charge in [-0.1, -0.05) is 13.0 Å². The minimum atomic E-state index is -1.71. The molecule has 0 radical (unpaired) electrons. The van der Waals surface area contributed by atoms with E-state index in [0.29, 0.717) is 5.69 Å². The molecule has 0 aliphatic heterocycles. The molecule has 1 N–H and O–H groups in total. The molecule has 6 nitrogen and oxygen atoms in total. The number of rotatable bonds is 5. The third kappa shape index (κ3) is 3.00. The second-order valence-corrected chi connectivity index (χ2v) is 5.50. The van der Waals surface area contributed by atoms with Gasteiger partial charge in [0.2, 0.25) is 0 Å². The van der Waals surface area contributed by atoms with Crippen LogP contribution in [0.1, 0.15) is 24.1 Å². The topological polar surface area (TPSA) is 76.7 Å². The van der Waals surface area contributed by atoms with E-state index in [-0.39, 0.29) is 12.1 Å². The van der Waals surface area contributed by atoms with Gasteiger partial charge in [-0.15, -0.1) is 0 Å². The molecule has 124 valence electrons. The lowest BCUT2D eigenvalue weighted by molar-refractivity contribution is -0.0123. The van der Waals surface area contributed by atoms with Gasteiger partial charge in [0.15, 0.2) is 0 Å². The smallest absolute Gasteiger partial charge is 0.137 e. The Morgan fingerprint density at radius 3 is 2.67 bits per heavy atom. The van der Waals surface area contributed by atoms with Crippen LogP contribution in [0, 0.1) is 11.6 Å². The summed E-state index contributed by atoms with van der Waals surface area (Å²) in [6.45, 7) is 1.64. The fraction of sp³-hybridized carbons (Fsp3) is 0.250. The van der Waals surface area contributed by atoms with Crippen molar-refractivity contribution in [1.29, 1.82) is 0 Å². The highest BCUT2D eigenvalue weighted by Crippen LogP contribution is 2.38. The van der Waals surface area contributed by atoms with Crippen LogP contribution >= 0.6 is 0 Å². The largest absolute Gasteiger partial charge is 0.382 e. The van der Waals surface area contributed by atoms with Crippen molar-refractivity contribution < 1.29 is 13.9 Å². The molecule has 24 heavy (non-hydrogen) atoms. The van der Waals surface area contributed by atoms with E-state index in [4.69, 9.17) is 0 Å². The zero-order chi connectivity index (χ0) is 17.2. The summed E-state index contributed by atoms with van der Waals surface area (Å²) in [7, 11) is 0. The Balaban J connectivity index is 2.09. The fourth-order valence-electron chi connectivity index (χ4n) is 2.66. The number of aromatic nitrogens is 5. The van der Waals surface area contributed by atoms with Crippen LogP contribution in [0.2, 0.25) is 0 Å². The van der Waals surface area contributed by atoms with E-state index in [0.717, 1.165) is 12.1 Å². The predicted octanol–water partition coefficient (Wildman–Crippen LogP) is 2.04. The highest BCUT2D eigenvalue weighted by Gasteiger charge is 2.40. The summed E-state index contributed by atoms with van der Waals surface area (Å²) in [4.78, 5) is 11.8. The van der Waals surface area contributed by atoms with E-state index in [9.17, 15) is 13.9 Å². The van der Waals surface area contributed by atoms with Crippen molar-refractivity contribution in [2.24, 2.45) is 0 Å². The summed E-state index contributed by atoms with van der Waals surface area (Å²) in [6, 6.07) is 4.73. The van der Waals surface area contributed by atoms with Gasteiger partial charge in [0, 0.05) is 29.4 Å². The van der Waals surface area contributed by atoms with Crippen LogP contribution < -0.4 is 0 Å². The van der Waals surface area contributed by atoms with Gasteiger partial charge in [-0.25, -0.2) is 28.4 Å².